The van der Waals surface area contributed by atoms with Crippen molar-refractivity contribution in [1.82, 2.24) is 5.32 Å². The minimum absolute atomic E-state index is 0.000891. The fourth-order valence-electron chi connectivity index (χ4n) is 1.40. The number of carboxylic acids is 1. The van der Waals surface area contributed by atoms with Crippen LogP contribution < -0.4 is 11.1 Å². The molecule has 88 valence electrons. The van der Waals surface area contributed by atoms with Crippen LogP contribution in [0.2, 0.25) is 0 Å². The molecule has 1 rings (SSSR count). The standard InChI is InChI=1S/C12H18N2O2/c1-9-2-4-10(5-3-9)7-14-8-11(13)6-12(15)16/h2-5,11,14H,6-8,13H2,1H3,(H,15,16). The quantitative estimate of drug-likeness (QED) is 0.668. The lowest BCUT2D eigenvalue weighted by Crippen LogP contribution is -2.35. The van der Waals surface area contributed by atoms with Crippen LogP contribution in [0.5, 0.6) is 0 Å². The van der Waals surface area contributed by atoms with E-state index in [2.05, 4.69) is 5.32 Å². The van der Waals surface area contributed by atoms with Crippen LogP contribution in [0.15, 0.2) is 24.3 Å². The van der Waals surface area contributed by atoms with Crippen LogP contribution in [0.25, 0.3) is 0 Å². The molecule has 1 aromatic carbocycles. The number of carbonyl (C=O) groups is 1. The SMILES string of the molecule is Cc1ccc(CNCC(N)CC(=O)O)cc1. The average Bonchev–Trinajstić information content (AvgIpc) is 2.20. The molecule has 0 aromatic heterocycles. The normalized spacial score (nSPS) is 12.4. The van der Waals surface area contributed by atoms with Crippen LogP contribution in [0, 0.1) is 6.92 Å². The number of nitrogens with two attached hydrogens (primary N) is 1. The van der Waals surface area contributed by atoms with E-state index in [9.17, 15) is 4.79 Å². The van der Waals surface area contributed by atoms with Crippen molar-refractivity contribution in [2.45, 2.75) is 25.9 Å². The predicted octanol–water partition coefficient (Wildman–Crippen LogP) is 0.887. The lowest BCUT2D eigenvalue weighted by atomic mass is 10.1. The maximum absolute atomic E-state index is 10.4. The molecule has 1 unspecified atom stereocenters. The van der Waals surface area contributed by atoms with Crippen LogP contribution in [0.3, 0.4) is 0 Å². The van der Waals surface area contributed by atoms with Crippen LogP contribution in [-0.4, -0.2) is 23.7 Å². The second kappa shape index (κ2) is 6.25. The Hall–Kier alpha value is -1.39. The highest BCUT2D eigenvalue weighted by Gasteiger charge is 2.06. The number of benzene rings is 1. The number of rotatable bonds is 6. The topological polar surface area (TPSA) is 75.3 Å². The number of carboxylic acid groups (broad SMARTS) is 1. The first kappa shape index (κ1) is 12.7. The summed E-state index contributed by atoms with van der Waals surface area (Å²) < 4.78 is 0. The molecule has 16 heavy (non-hydrogen) atoms. The summed E-state index contributed by atoms with van der Waals surface area (Å²) >= 11 is 0. The Morgan fingerprint density at radius 1 is 1.44 bits per heavy atom. The molecule has 0 aliphatic carbocycles. The van der Waals surface area contributed by atoms with Crippen molar-refractivity contribution in [1.29, 1.82) is 0 Å². The van der Waals surface area contributed by atoms with Crippen molar-refractivity contribution in [2.75, 3.05) is 6.54 Å². The zero-order valence-electron chi connectivity index (χ0n) is 9.44. The number of hydrogen-bond donors (Lipinski definition) is 3. The molecule has 0 spiro atoms. The molecule has 0 fully saturated rings. The van der Waals surface area contributed by atoms with E-state index in [1.165, 1.54) is 11.1 Å². The van der Waals surface area contributed by atoms with Crippen LogP contribution in [0.1, 0.15) is 17.5 Å². The van der Waals surface area contributed by atoms with Crippen molar-refractivity contribution in [3.63, 3.8) is 0 Å². The van der Waals surface area contributed by atoms with E-state index in [1.54, 1.807) is 0 Å². The number of hydrogen-bond acceptors (Lipinski definition) is 3. The molecule has 1 atom stereocenters. The maximum atomic E-state index is 10.4. The molecule has 4 heteroatoms. The molecular formula is C12H18N2O2. The van der Waals surface area contributed by atoms with Gasteiger partial charge in [0.25, 0.3) is 0 Å². The molecular weight excluding hydrogens is 204 g/mol. The first-order valence-corrected chi connectivity index (χ1v) is 5.31. The number of aryl methyl sites for hydroxylation is 1. The molecule has 0 aliphatic heterocycles. The Morgan fingerprint density at radius 3 is 2.62 bits per heavy atom. The monoisotopic (exact) mass is 222 g/mol. The summed E-state index contributed by atoms with van der Waals surface area (Å²) in [6, 6.07) is 7.86. The van der Waals surface area contributed by atoms with Gasteiger partial charge in [0.05, 0.1) is 6.42 Å². The van der Waals surface area contributed by atoms with Gasteiger partial charge in [0.2, 0.25) is 0 Å². The third-order valence-corrected chi connectivity index (χ3v) is 2.29. The third-order valence-electron chi connectivity index (χ3n) is 2.29. The zero-order valence-corrected chi connectivity index (χ0v) is 9.44. The fourth-order valence-corrected chi connectivity index (χ4v) is 1.40. The van der Waals surface area contributed by atoms with Gasteiger partial charge in [-0.25, -0.2) is 0 Å². The van der Waals surface area contributed by atoms with Crippen molar-refractivity contribution in [2.24, 2.45) is 5.73 Å². The minimum Gasteiger partial charge on any atom is -0.481 e. The van der Waals surface area contributed by atoms with Gasteiger partial charge in [0.15, 0.2) is 0 Å². The lowest BCUT2D eigenvalue weighted by molar-refractivity contribution is -0.137. The van der Waals surface area contributed by atoms with Gasteiger partial charge < -0.3 is 16.2 Å². The van der Waals surface area contributed by atoms with Crippen molar-refractivity contribution in [3.8, 4) is 0 Å². The number of nitrogens with one attached hydrogen (secondary N) is 1. The summed E-state index contributed by atoms with van der Waals surface area (Å²) in [6.45, 7) is 3.27. The molecule has 0 saturated carbocycles. The highest BCUT2D eigenvalue weighted by atomic mass is 16.4. The molecule has 0 aliphatic rings. The molecule has 4 nitrogen and oxygen atoms in total. The van der Waals surface area contributed by atoms with Crippen molar-refractivity contribution >= 4 is 5.97 Å². The summed E-state index contributed by atoms with van der Waals surface area (Å²) in [6.07, 6.45) is 0.000891. The highest BCUT2D eigenvalue weighted by molar-refractivity contribution is 5.67. The minimum atomic E-state index is -0.857. The Balaban J connectivity index is 2.25. The van der Waals surface area contributed by atoms with Crippen LogP contribution >= 0.6 is 0 Å². The molecule has 0 amide bonds. The highest BCUT2D eigenvalue weighted by Crippen LogP contribution is 2.02. The van der Waals surface area contributed by atoms with Gasteiger partial charge in [-0.05, 0) is 12.5 Å². The molecule has 0 saturated heterocycles. The average molecular weight is 222 g/mol. The van der Waals surface area contributed by atoms with Gasteiger partial charge in [-0.15, -0.1) is 0 Å². The molecule has 4 N–H and O–H groups in total. The molecule has 0 heterocycles. The predicted molar refractivity (Wildman–Crippen MR) is 63.1 cm³/mol. The first-order chi connectivity index (χ1) is 7.58. The van der Waals surface area contributed by atoms with E-state index < -0.39 is 5.97 Å². The zero-order chi connectivity index (χ0) is 12.0. The molecule has 0 radical (unpaired) electrons. The molecule has 1 aromatic rings. The summed E-state index contributed by atoms with van der Waals surface area (Å²) in [4.78, 5) is 10.4. The Bertz CT molecular complexity index is 335. The Labute approximate surface area is 95.5 Å². The third kappa shape index (κ3) is 4.91. The maximum Gasteiger partial charge on any atom is 0.304 e. The second-order valence-corrected chi connectivity index (χ2v) is 3.97. The largest absolute Gasteiger partial charge is 0.481 e. The van der Waals surface area contributed by atoms with Gasteiger partial charge >= 0.3 is 5.97 Å². The summed E-state index contributed by atoms with van der Waals surface area (Å²) in [7, 11) is 0. The summed E-state index contributed by atoms with van der Waals surface area (Å²) in [5, 5.41) is 11.7. The van der Waals surface area contributed by atoms with Crippen LogP contribution in [-0.2, 0) is 11.3 Å². The van der Waals surface area contributed by atoms with E-state index in [4.69, 9.17) is 10.8 Å². The second-order valence-electron chi connectivity index (χ2n) is 3.97. The Morgan fingerprint density at radius 2 is 2.06 bits per heavy atom. The van der Waals surface area contributed by atoms with Gasteiger partial charge in [0.1, 0.15) is 0 Å². The van der Waals surface area contributed by atoms with Gasteiger partial charge in [-0.2, -0.15) is 0 Å². The van der Waals surface area contributed by atoms with Crippen molar-refractivity contribution in [3.05, 3.63) is 35.4 Å². The van der Waals surface area contributed by atoms with E-state index in [0.29, 0.717) is 13.1 Å². The smallest absolute Gasteiger partial charge is 0.304 e. The fraction of sp³-hybridized carbons (Fsp3) is 0.417. The van der Waals surface area contributed by atoms with Crippen LogP contribution in [0.4, 0.5) is 0 Å². The van der Waals surface area contributed by atoms with Gasteiger partial charge in [-0.1, -0.05) is 29.8 Å². The van der Waals surface area contributed by atoms with E-state index in [1.807, 2.05) is 31.2 Å². The lowest BCUT2D eigenvalue weighted by Gasteiger charge is -2.10. The van der Waals surface area contributed by atoms with E-state index in [0.717, 1.165) is 0 Å². The Kier molecular flexibility index (Phi) is 4.95. The summed E-state index contributed by atoms with van der Waals surface area (Å²) in [5.74, 6) is -0.857. The van der Waals surface area contributed by atoms with Crippen molar-refractivity contribution < 1.29 is 9.90 Å². The van der Waals surface area contributed by atoms with Gasteiger partial charge in [-0.3, -0.25) is 4.79 Å². The van der Waals surface area contributed by atoms with E-state index >= 15 is 0 Å². The molecule has 0 bridgehead atoms. The summed E-state index contributed by atoms with van der Waals surface area (Å²) in [5.41, 5.74) is 8.02. The van der Waals surface area contributed by atoms with Gasteiger partial charge in [0, 0.05) is 19.1 Å². The first-order valence-electron chi connectivity index (χ1n) is 5.31. The number of aliphatic carboxylic acids is 1. The van der Waals surface area contributed by atoms with E-state index in [-0.39, 0.29) is 12.5 Å².